The minimum Gasteiger partial charge on any atom is -0.316 e. The average molecular weight is 279 g/mol. The van der Waals surface area contributed by atoms with Crippen molar-refractivity contribution >= 4 is 10.0 Å². The fourth-order valence-electron chi connectivity index (χ4n) is 1.32. The molecule has 0 fully saturated rings. The molecule has 0 aromatic carbocycles. The quantitative estimate of drug-likeness (QED) is 0.832. The minimum atomic E-state index is -3.94. The van der Waals surface area contributed by atoms with Crippen molar-refractivity contribution in [2.45, 2.75) is 18.0 Å². The first-order chi connectivity index (χ1) is 8.37. The largest absolute Gasteiger partial charge is 0.316 e. The second-order valence-electron chi connectivity index (χ2n) is 3.71. The van der Waals surface area contributed by atoms with Gasteiger partial charge >= 0.3 is 0 Å². The third kappa shape index (κ3) is 3.69. The molecule has 102 valence electrons. The number of alkyl halides is 2. The molecule has 1 aromatic heterocycles. The highest BCUT2D eigenvalue weighted by Crippen LogP contribution is 2.13. The topological polar surface area (TPSA) is 62.3 Å². The Morgan fingerprint density at radius 2 is 2.11 bits per heavy atom. The van der Waals surface area contributed by atoms with Gasteiger partial charge in [-0.25, -0.2) is 22.2 Å². The Bertz CT molecular complexity index is 476. The zero-order valence-corrected chi connectivity index (χ0v) is 10.9. The molecule has 1 N–H and O–H groups in total. The Labute approximate surface area is 105 Å². The van der Waals surface area contributed by atoms with E-state index >= 15 is 0 Å². The lowest BCUT2D eigenvalue weighted by atomic mass is 10.3. The molecule has 18 heavy (non-hydrogen) atoms. The molecule has 0 aliphatic carbocycles. The van der Waals surface area contributed by atoms with E-state index in [2.05, 4.69) is 10.3 Å². The predicted molar refractivity (Wildman–Crippen MR) is 62.8 cm³/mol. The summed E-state index contributed by atoms with van der Waals surface area (Å²) in [4.78, 5) is 3.78. The molecule has 1 aromatic rings. The molecular weight excluding hydrogens is 264 g/mol. The maximum atomic E-state index is 12.2. The number of aromatic nitrogens is 1. The number of sulfonamides is 1. The van der Waals surface area contributed by atoms with Gasteiger partial charge in [-0.3, -0.25) is 0 Å². The van der Waals surface area contributed by atoms with E-state index in [1.54, 1.807) is 13.1 Å². The fourth-order valence-corrected chi connectivity index (χ4v) is 2.38. The van der Waals surface area contributed by atoms with E-state index in [-0.39, 0.29) is 5.03 Å². The van der Waals surface area contributed by atoms with Crippen molar-refractivity contribution in [3.05, 3.63) is 23.9 Å². The maximum absolute atomic E-state index is 12.2. The number of rotatable bonds is 6. The second kappa shape index (κ2) is 6.17. The van der Waals surface area contributed by atoms with E-state index in [1.165, 1.54) is 12.3 Å². The molecule has 0 bridgehead atoms. The van der Waals surface area contributed by atoms with Crippen LogP contribution in [0.5, 0.6) is 0 Å². The maximum Gasteiger partial charge on any atom is 0.260 e. The van der Waals surface area contributed by atoms with Crippen LogP contribution in [0.2, 0.25) is 0 Å². The smallest absolute Gasteiger partial charge is 0.260 e. The third-order valence-electron chi connectivity index (χ3n) is 2.25. The summed E-state index contributed by atoms with van der Waals surface area (Å²) >= 11 is 0. The summed E-state index contributed by atoms with van der Waals surface area (Å²) in [6, 6.07) is 2.90. The zero-order chi connectivity index (χ0) is 13.8. The van der Waals surface area contributed by atoms with Gasteiger partial charge in [-0.05, 0) is 18.7 Å². The first kappa shape index (κ1) is 14.9. The summed E-state index contributed by atoms with van der Waals surface area (Å²) in [5.41, 5.74) is 0.813. The lowest BCUT2D eigenvalue weighted by molar-refractivity contribution is 0.126. The molecule has 0 atom stereocenters. The molecule has 5 nitrogen and oxygen atoms in total. The van der Waals surface area contributed by atoms with Crippen LogP contribution in [-0.2, 0) is 16.6 Å². The summed E-state index contributed by atoms with van der Waals surface area (Å²) < 4.78 is 48.6. The fraction of sp³-hybridized carbons (Fsp3) is 0.500. The van der Waals surface area contributed by atoms with E-state index in [1.807, 2.05) is 0 Å². The molecule has 8 heteroatoms. The summed E-state index contributed by atoms with van der Waals surface area (Å²) in [5.74, 6) is 0. The number of pyridine rings is 1. The minimum absolute atomic E-state index is 0.231. The molecule has 0 spiro atoms. The summed E-state index contributed by atoms with van der Waals surface area (Å²) in [5, 5.41) is 2.66. The first-order valence-electron chi connectivity index (χ1n) is 5.22. The van der Waals surface area contributed by atoms with Crippen LogP contribution in [-0.4, -0.2) is 44.8 Å². The monoisotopic (exact) mass is 279 g/mol. The number of halogens is 2. The van der Waals surface area contributed by atoms with Crippen molar-refractivity contribution in [2.75, 3.05) is 20.6 Å². The number of nitrogens with zero attached hydrogens (tertiary/aromatic N) is 2. The molecular formula is C10H15F2N3O2S. The van der Waals surface area contributed by atoms with Gasteiger partial charge in [0.25, 0.3) is 16.4 Å². The van der Waals surface area contributed by atoms with Crippen LogP contribution < -0.4 is 5.32 Å². The van der Waals surface area contributed by atoms with Crippen molar-refractivity contribution in [1.29, 1.82) is 0 Å². The molecule has 0 aliphatic rings. The second-order valence-corrected chi connectivity index (χ2v) is 5.70. The van der Waals surface area contributed by atoms with E-state index in [0.29, 0.717) is 10.8 Å². The highest BCUT2D eigenvalue weighted by atomic mass is 32.2. The summed E-state index contributed by atoms with van der Waals surface area (Å²) in [6.07, 6.45) is -1.31. The van der Waals surface area contributed by atoms with Crippen LogP contribution in [0, 0.1) is 0 Å². The lowest BCUT2D eigenvalue weighted by Gasteiger charge is -2.15. The number of nitrogens with one attached hydrogen (secondary N) is 1. The van der Waals surface area contributed by atoms with Crippen molar-refractivity contribution in [3.63, 3.8) is 0 Å². The van der Waals surface area contributed by atoms with Crippen molar-refractivity contribution in [3.8, 4) is 0 Å². The molecule has 1 heterocycles. The van der Waals surface area contributed by atoms with Crippen LogP contribution in [0.1, 0.15) is 5.56 Å². The van der Waals surface area contributed by atoms with Gasteiger partial charge in [0.15, 0.2) is 5.03 Å². The SMILES string of the molecule is CNCc1ccc(S(=O)(=O)N(C)CC(F)F)nc1. The zero-order valence-electron chi connectivity index (χ0n) is 10.1. The van der Waals surface area contributed by atoms with Gasteiger partial charge in [0.05, 0.1) is 6.54 Å². The highest BCUT2D eigenvalue weighted by molar-refractivity contribution is 7.89. The van der Waals surface area contributed by atoms with Gasteiger partial charge in [-0.15, -0.1) is 0 Å². The van der Waals surface area contributed by atoms with Crippen LogP contribution in [0.3, 0.4) is 0 Å². The molecule has 0 saturated heterocycles. The van der Waals surface area contributed by atoms with Gasteiger partial charge in [0.2, 0.25) is 0 Å². The number of hydrogen-bond donors (Lipinski definition) is 1. The predicted octanol–water partition coefficient (Wildman–Crippen LogP) is 0.687. The van der Waals surface area contributed by atoms with Gasteiger partial charge in [0.1, 0.15) is 0 Å². The van der Waals surface area contributed by atoms with Crippen LogP contribution >= 0.6 is 0 Å². The molecule has 0 unspecified atom stereocenters. The van der Waals surface area contributed by atoms with E-state index in [9.17, 15) is 17.2 Å². The average Bonchev–Trinajstić information content (AvgIpc) is 2.29. The van der Waals surface area contributed by atoms with Crippen molar-refractivity contribution in [2.24, 2.45) is 0 Å². The Balaban J connectivity index is 2.91. The highest BCUT2D eigenvalue weighted by Gasteiger charge is 2.24. The molecule has 0 amide bonds. The Hall–Kier alpha value is -1.12. The van der Waals surface area contributed by atoms with Gasteiger partial charge < -0.3 is 5.32 Å². The lowest BCUT2D eigenvalue weighted by Crippen LogP contribution is -2.31. The van der Waals surface area contributed by atoms with E-state index < -0.39 is 23.0 Å². The Kier molecular flexibility index (Phi) is 5.12. The van der Waals surface area contributed by atoms with Crippen LogP contribution in [0.25, 0.3) is 0 Å². The van der Waals surface area contributed by atoms with Gasteiger partial charge in [0, 0.05) is 19.8 Å². The summed E-state index contributed by atoms with van der Waals surface area (Å²) in [6.45, 7) is -0.289. The molecule has 1 rings (SSSR count). The molecule has 0 radical (unpaired) electrons. The number of hydrogen-bond acceptors (Lipinski definition) is 4. The summed E-state index contributed by atoms with van der Waals surface area (Å²) in [7, 11) is -1.09. The first-order valence-corrected chi connectivity index (χ1v) is 6.66. The van der Waals surface area contributed by atoms with Crippen molar-refractivity contribution in [1.82, 2.24) is 14.6 Å². The van der Waals surface area contributed by atoms with Crippen LogP contribution in [0.4, 0.5) is 8.78 Å². The normalized spacial score (nSPS) is 12.3. The Morgan fingerprint density at radius 1 is 1.44 bits per heavy atom. The van der Waals surface area contributed by atoms with Gasteiger partial charge in [-0.1, -0.05) is 6.07 Å². The van der Waals surface area contributed by atoms with Crippen molar-refractivity contribution < 1.29 is 17.2 Å². The van der Waals surface area contributed by atoms with Gasteiger partial charge in [-0.2, -0.15) is 4.31 Å². The van der Waals surface area contributed by atoms with E-state index in [4.69, 9.17) is 0 Å². The van der Waals surface area contributed by atoms with Crippen LogP contribution in [0.15, 0.2) is 23.4 Å². The standard InChI is InChI=1S/C10H15F2N3O2S/c1-13-5-8-3-4-10(14-6-8)18(16,17)15(2)7-9(11)12/h3-4,6,9,13H,5,7H2,1-2H3. The molecule has 0 saturated carbocycles. The third-order valence-corrected chi connectivity index (χ3v) is 3.99. The molecule has 0 aliphatic heterocycles. The van der Waals surface area contributed by atoms with E-state index in [0.717, 1.165) is 12.6 Å². The Morgan fingerprint density at radius 3 is 2.56 bits per heavy atom.